The lowest BCUT2D eigenvalue weighted by atomic mass is 9.71. The number of carbonyl (C=O) groups is 2. The molecule has 1 amide bonds. The molecule has 1 fully saturated rings. The Morgan fingerprint density at radius 3 is 2.57 bits per heavy atom. The highest BCUT2D eigenvalue weighted by Crippen LogP contribution is 2.58. The highest BCUT2D eigenvalue weighted by molar-refractivity contribution is 14.1. The zero-order valence-corrected chi connectivity index (χ0v) is 31.5. The van der Waals surface area contributed by atoms with E-state index in [9.17, 15) is 20.0 Å². The fourth-order valence-corrected chi connectivity index (χ4v) is 9.13. The Bertz CT molecular complexity index is 1900. The van der Waals surface area contributed by atoms with Crippen molar-refractivity contribution in [3.05, 3.63) is 75.3 Å². The molecule has 12 heteroatoms. The molecule has 51 heavy (non-hydrogen) atoms. The second-order valence-corrected chi connectivity index (χ2v) is 14.9. The van der Waals surface area contributed by atoms with E-state index >= 15 is 0 Å². The predicted molar refractivity (Wildman–Crippen MR) is 198 cm³/mol. The Labute approximate surface area is 311 Å². The third-order valence-corrected chi connectivity index (χ3v) is 11.7. The standard InChI is InChI=1S/C39H43IN4O7/c1-21-15-24-16-26-28(18-41)44-27(34(43(26)3)32(24)35(47)36(21)48-4)17-25-33(29(44)19-42-30(45)13-12-23-9-6-5-7-10-23)39-38(49-20-50-39)22(2)37(25)51-31(46)11-8-14-40/h5-7,9-10,15,26-29,34,47H,8,11-14,16-17,19-20H2,1-4H3,(H,42,45)/t26-,27?,28-,29-,34-/m0/s1. The topological polar surface area (TPSA) is 134 Å². The van der Waals surface area contributed by atoms with Gasteiger partial charge in [0.25, 0.3) is 0 Å². The maximum atomic E-state index is 13.5. The molecule has 268 valence electrons. The Hall–Kier alpha value is -4.06. The quantitative estimate of drug-likeness (QED) is 0.119. The number of halogens is 1. The molecule has 0 radical (unpaired) electrons. The van der Waals surface area contributed by atoms with E-state index in [0.717, 1.165) is 37.8 Å². The van der Waals surface area contributed by atoms with E-state index in [1.54, 1.807) is 7.11 Å². The maximum Gasteiger partial charge on any atom is 0.311 e. The first-order valence-electron chi connectivity index (χ1n) is 17.5. The average molecular weight is 807 g/mol. The number of fused-ring (bicyclic) bond motifs is 9. The lowest BCUT2D eigenvalue weighted by molar-refractivity contribution is -0.134. The molecular formula is C39H43IN4O7. The fraction of sp³-hybridized carbons (Fsp3) is 0.462. The van der Waals surface area contributed by atoms with Gasteiger partial charge in [0.15, 0.2) is 23.0 Å². The van der Waals surface area contributed by atoms with E-state index in [0.29, 0.717) is 60.7 Å². The van der Waals surface area contributed by atoms with Gasteiger partial charge >= 0.3 is 5.97 Å². The number of aryl methyl sites for hydroxylation is 2. The first-order chi connectivity index (χ1) is 24.7. The molecule has 3 aromatic carbocycles. The maximum absolute atomic E-state index is 13.5. The number of carbonyl (C=O) groups excluding carboxylic acids is 2. The number of ether oxygens (including phenoxy) is 4. The number of hydrogen-bond acceptors (Lipinski definition) is 10. The van der Waals surface area contributed by atoms with E-state index in [4.69, 9.17) is 18.9 Å². The first kappa shape index (κ1) is 35.3. The lowest BCUT2D eigenvalue weighted by Gasteiger charge is -2.60. The molecule has 0 spiro atoms. The molecule has 0 aromatic heterocycles. The van der Waals surface area contributed by atoms with Crippen LogP contribution in [0.5, 0.6) is 28.7 Å². The van der Waals surface area contributed by atoms with Gasteiger partial charge in [-0.05, 0) is 63.3 Å². The van der Waals surface area contributed by atoms with Gasteiger partial charge < -0.3 is 29.4 Å². The molecular weight excluding hydrogens is 763 g/mol. The second-order valence-electron chi connectivity index (χ2n) is 13.8. The number of likely N-dealkylation sites (N-methyl/N-ethyl adjacent to an activating group) is 1. The van der Waals surface area contributed by atoms with Crippen molar-refractivity contribution >= 4 is 34.5 Å². The van der Waals surface area contributed by atoms with Gasteiger partial charge in [0.1, 0.15) is 11.8 Å². The highest BCUT2D eigenvalue weighted by atomic mass is 127. The molecule has 4 aliphatic rings. The number of benzene rings is 3. The van der Waals surface area contributed by atoms with E-state index in [1.165, 1.54) is 0 Å². The zero-order chi connectivity index (χ0) is 36.0. The minimum Gasteiger partial charge on any atom is -0.504 e. The smallest absolute Gasteiger partial charge is 0.311 e. The molecule has 5 atom stereocenters. The number of alkyl halides is 1. The number of phenolic OH excluding ortho intramolecular Hbond substituents is 1. The third-order valence-electron chi connectivity index (χ3n) is 11.0. The number of phenols is 1. The molecule has 7 rings (SSSR count). The molecule has 0 aliphatic carbocycles. The second kappa shape index (κ2) is 14.5. The van der Waals surface area contributed by atoms with E-state index in [-0.39, 0.29) is 55.5 Å². The number of nitrogens with one attached hydrogen (secondary N) is 1. The number of rotatable bonds is 10. The number of esters is 1. The van der Waals surface area contributed by atoms with Crippen LogP contribution in [0.2, 0.25) is 0 Å². The molecule has 11 nitrogen and oxygen atoms in total. The van der Waals surface area contributed by atoms with Gasteiger partial charge in [-0.2, -0.15) is 5.26 Å². The molecule has 3 aromatic rings. The van der Waals surface area contributed by atoms with Crippen LogP contribution >= 0.6 is 22.6 Å². The van der Waals surface area contributed by atoms with Crippen LogP contribution in [-0.2, 0) is 28.9 Å². The van der Waals surface area contributed by atoms with Crippen molar-refractivity contribution in [1.82, 2.24) is 15.1 Å². The Morgan fingerprint density at radius 1 is 1.08 bits per heavy atom. The minimum atomic E-state index is -0.567. The molecule has 4 aliphatic heterocycles. The van der Waals surface area contributed by atoms with Crippen LogP contribution in [0.25, 0.3) is 0 Å². The van der Waals surface area contributed by atoms with Crippen molar-refractivity contribution < 1.29 is 33.6 Å². The van der Waals surface area contributed by atoms with Crippen LogP contribution in [0.4, 0.5) is 0 Å². The van der Waals surface area contributed by atoms with Crippen LogP contribution in [0.1, 0.15) is 70.3 Å². The SMILES string of the molecule is COc1c(C)cc2c(c1O)[C@@H]1C3Cc4c(OC(=O)CCCI)c(C)c5c(c4[C@H](CNC(=O)CCc4ccccc4)N3[C@@H](C#N)[C@H](C2)N1C)OCO5. The van der Waals surface area contributed by atoms with Crippen LogP contribution in [-0.4, -0.2) is 76.8 Å². The van der Waals surface area contributed by atoms with Gasteiger partial charge in [-0.25, -0.2) is 0 Å². The van der Waals surface area contributed by atoms with Crippen molar-refractivity contribution in [2.24, 2.45) is 0 Å². The number of amides is 1. The normalized spacial score (nSPS) is 23.0. The van der Waals surface area contributed by atoms with Crippen molar-refractivity contribution in [3.8, 4) is 34.8 Å². The fourth-order valence-electron chi connectivity index (χ4n) is 8.74. The summed E-state index contributed by atoms with van der Waals surface area (Å²) in [4.78, 5) is 31.1. The van der Waals surface area contributed by atoms with Crippen molar-refractivity contribution in [2.45, 2.75) is 82.6 Å². The molecule has 2 N–H and O–H groups in total. The van der Waals surface area contributed by atoms with Gasteiger partial charge in [-0.1, -0.05) is 59.0 Å². The summed E-state index contributed by atoms with van der Waals surface area (Å²) in [5, 5.41) is 25.9. The molecule has 1 unspecified atom stereocenters. The Morgan fingerprint density at radius 2 is 1.84 bits per heavy atom. The van der Waals surface area contributed by atoms with Crippen LogP contribution in [0, 0.1) is 25.2 Å². The monoisotopic (exact) mass is 806 g/mol. The van der Waals surface area contributed by atoms with Gasteiger partial charge in [0.05, 0.1) is 25.3 Å². The predicted octanol–water partition coefficient (Wildman–Crippen LogP) is 5.39. The summed E-state index contributed by atoms with van der Waals surface area (Å²) in [7, 11) is 3.57. The molecule has 4 heterocycles. The van der Waals surface area contributed by atoms with Crippen molar-refractivity contribution in [1.29, 1.82) is 5.26 Å². The summed E-state index contributed by atoms with van der Waals surface area (Å²) < 4.78 is 24.9. The van der Waals surface area contributed by atoms with Gasteiger partial charge in [0, 0.05) is 58.2 Å². The van der Waals surface area contributed by atoms with Crippen LogP contribution in [0.15, 0.2) is 36.4 Å². The zero-order valence-electron chi connectivity index (χ0n) is 29.3. The number of hydrogen-bond donors (Lipinski definition) is 2. The highest BCUT2D eigenvalue weighted by Gasteiger charge is 2.57. The van der Waals surface area contributed by atoms with E-state index < -0.39 is 12.1 Å². The van der Waals surface area contributed by atoms with E-state index in [2.05, 4.69) is 49.8 Å². The van der Waals surface area contributed by atoms with Crippen molar-refractivity contribution in [2.75, 3.05) is 31.9 Å². The number of nitrogens with zero attached hydrogens (tertiary/aromatic N) is 3. The minimum absolute atomic E-state index is 0.00446. The van der Waals surface area contributed by atoms with Gasteiger partial charge in [-0.15, -0.1) is 0 Å². The first-order valence-corrected chi connectivity index (χ1v) is 19.0. The number of aromatic hydroxyl groups is 1. The summed E-state index contributed by atoms with van der Waals surface area (Å²) in [6, 6.07) is 12.6. The summed E-state index contributed by atoms with van der Waals surface area (Å²) in [5.74, 6) is 1.58. The number of piperazine rings is 1. The third kappa shape index (κ3) is 6.17. The van der Waals surface area contributed by atoms with Crippen molar-refractivity contribution in [3.63, 3.8) is 0 Å². The van der Waals surface area contributed by atoms with Gasteiger partial charge in [0.2, 0.25) is 12.7 Å². The lowest BCUT2D eigenvalue weighted by Crippen LogP contribution is -2.68. The van der Waals surface area contributed by atoms with E-state index in [1.807, 2.05) is 51.2 Å². The Kier molecular flexibility index (Phi) is 10.1. The summed E-state index contributed by atoms with van der Waals surface area (Å²) in [6.07, 6.45) is 2.80. The molecule has 2 bridgehead atoms. The van der Waals surface area contributed by atoms with Gasteiger partial charge in [-0.3, -0.25) is 19.4 Å². The Balaban J connectivity index is 1.36. The van der Waals surface area contributed by atoms with Crippen LogP contribution < -0.4 is 24.3 Å². The number of nitriles is 1. The summed E-state index contributed by atoms with van der Waals surface area (Å²) in [6.45, 7) is 3.98. The summed E-state index contributed by atoms with van der Waals surface area (Å²) in [5.41, 5.74) is 5.89. The molecule has 0 saturated carbocycles. The summed E-state index contributed by atoms with van der Waals surface area (Å²) >= 11 is 2.25. The molecule has 1 saturated heterocycles. The van der Waals surface area contributed by atoms with Crippen LogP contribution in [0.3, 0.4) is 0 Å². The largest absolute Gasteiger partial charge is 0.504 e. The number of methoxy groups -OCH3 is 1. The average Bonchev–Trinajstić information content (AvgIpc) is 3.62.